The molecule has 0 spiro atoms. The Morgan fingerprint density at radius 3 is 2.30 bits per heavy atom. The molecule has 3 aromatic rings. The standard InChI is InChI=1S/C37H43ClN4O5/c1-23(2)47-33-19-31-26(17-32(33)46-4)18-35(44)42(37(31)25-7-9-27(38)10-8-25)30-15-13-28(14-16-30)40(3)21-24-5-11-29(12-6-24)41-22-34(43)39-20-36(41)45/h7-10,13-17,19,23-24,29,37H,5-6,11-12,18,20-22H2,1-4H3,(H,39,43)/t24-,29-,37-/m0/s1. The van der Waals surface area contributed by atoms with E-state index in [0.717, 1.165) is 60.3 Å². The number of hydrogen-bond donors (Lipinski definition) is 1. The number of fused-ring (bicyclic) bond motifs is 1. The molecule has 6 rings (SSSR count). The average molecular weight is 659 g/mol. The molecular formula is C37H43ClN4O5. The Bertz CT molecular complexity index is 1620. The summed E-state index contributed by atoms with van der Waals surface area (Å²) in [7, 11) is 3.72. The van der Waals surface area contributed by atoms with Gasteiger partial charge in [0.25, 0.3) is 0 Å². The van der Waals surface area contributed by atoms with Crippen LogP contribution < -0.4 is 24.6 Å². The van der Waals surface area contributed by atoms with Gasteiger partial charge in [-0.25, -0.2) is 0 Å². The smallest absolute Gasteiger partial charge is 0.242 e. The Morgan fingerprint density at radius 2 is 1.64 bits per heavy atom. The number of nitrogens with one attached hydrogen (secondary N) is 1. The molecule has 9 nitrogen and oxygen atoms in total. The van der Waals surface area contributed by atoms with Crippen molar-refractivity contribution in [2.45, 2.75) is 64.1 Å². The molecular weight excluding hydrogens is 616 g/mol. The van der Waals surface area contributed by atoms with Crippen LogP contribution >= 0.6 is 11.6 Å². The second kappa shape index (κ2) is 13.9. The van der Waals surface area contributed by atoms with Gasteiger partial charge in [-0.3, -0.25) is 14.4 Å². The highest BCUT2D eigenvalue weighted by Crippen LogP contribution is 2.44. The number of piperazine rings is 1. The van der Waals surface area contributed by atoms with Crippen LogP contribution in [-0.2, 0) is 20.8 Å². The third-order valence-electron chi connectivity index (χ3n) is 9.57. The summed E-state index contributed by atoms with van der Waals surface area (Å²) in [6, 6.07) is 19.6. The summed E-state index contributed by atoms with van der Waals surface area (Å²) in [6.45, 7) is 5.13. The monoisotopic (exact) mass is 658 g/mol. The number of nitrogens with zero attached hydrogens (tertiary/aromatic N) is 3. The summed E-state index contributed by atoms with van der Waals surface area (Å²) in [4.78, 5) is 44.0. The van der Waals surface area contributed by atoms with Gasteiger partial charge < -0.3 is 29.5 Å². The van der Waals surface area contributed by atoms with Gasteiger partial charge in [0.2, 0.25) is 17.7 Å². The van der Waals surface area contributed by atoms with E-state index in [0.29, 0.717) is 22.4 Å². The van der Waals surface area contributed by atoms with Crippen molar-refractivity contribution in [2.24, 2.45) is 5.92 Å². The molecule has 1 saturated heterocycles. The zero-order valence-corrected chi connectivity index (χ0v) is 28.3. The number of anilines is 2. The van der Waals surface area contributed by atoms with Crippen molar-refractivity contribution in [3.63, 3.8) is 0 Å². The summed E-state index contributed by atoms with van der Waals surface area (Å²) in [5, 5.41) is 3.27. The molecule has 1 saturated carbocycles. The van der Waals surface area contributed by atoms with Crippen LogP contribution in [0.5, 0.6) is 11.5 Å². The maximum atomic E-state index is 13.9. The largest absolute Gasteiger partial charge is 0.493 e. The second-order valence-electron chi connectivity index (χ2n) is 13.1. The lowest BCUT2D eigenvalue weighted by molar-refractivity contribution is -0.143. The van der Waals surface area contributed by atoms with Crippen LogP contribution in [0.15, 0.2) is 60.7 Å². The molecule has 2 fully saturated rings. The highest BCUT2D eigenvalue weighted by molar-refractivity contribution is 6.30. The van der Waals surface area contributed by atoms with E-state index >= 15 is 0 Å². The lowest BCUT2D eigenvalue weighted by atomic mass is 9.84. The molecule has 10 heteroatoms. The highest BCUT2D eigenvalue weighted by Gasteiger charge is 2.37. The molecule has 1 aliphatic carbocycles. The summed E-state index contributed by atoms with van der Waals surface area (Å²) in [6.07, 6.45) is 4.05. The molecule has 3 aromatic carbocycles. The molecule has 2 heterocycles. The number of ether oxygens (including phenoxy) is 2. The first kappa shape index (κ1) is 32.7. The first-order valence-electron chi connectivity index (χ1n) is 16.4. The van der Waals surface area contributed by atoms with Crippen LogP contribution in [0.3, 0.4) is 0 Å². The molecule has 0 unspecified atom stereocenters. The zero-order valence-electron chi connectivity index (χ0n) is 27.5. The Balaban J connectivity index is 1.21. The van der Waals surface area contributed by atoms with E-state index in [9.17, 15) is 14.4 Å². The van der Waals surface area contributed by atoms with Gasteiger partial charge in [0.15, 0.2) is 11.5 Å². The molecule has 1 N–H and O–H groups in total. The molecule has 0 bridgehead atoms. The topological polar surface area (TPSA) is 91.4 Å². The first-order chi connectivity index (χ1) is 22.6. The van der Waals surface area contributed by atoms with Gasteiger partial charge in [-0.2, -0.15) is 0 Å². The fraction of sp³-hybridized carbons (Fsp3) is 0.432. The van der Waals surface area contributed by atoms with Gasteiger partial charge in [0, 0.05) is 36.0 Å². The average Bonchev–Trinajstić information content (AvgIpc) is 3.06. The van der Waals surface area contributed by atoms with Crippen LogP contribution in [0.25, 0.3) is 0 Å². The van der Waals surface area contributed by atoms with Crippen molar-refractivity contribution < 1.29 is 23.9 Å². The van der Waals surface area contributed by atoms with Crippen molar-refractivity contribution in [1.82, 2.24) is 10.2 Å². The number of carbonyl (C=O) groups is 3. The van der Waals surface area contributed by atoms with E-state index < -0.39 is 0 Å². The van der Waals surface area contributed by atoms with Gasteiger partial charge >= 0.3 is 0 Å². The van der Waals surface area contributed by atoms with E-state index in [4.69, 9.17) is 21.1 Å². The van der Waals surface area contributed by atoms with Crippen LogP contribution in [-0.4, -0.2) is 68.6 Å². The van der Waals surface area contributed by atoms with Crippen molar-refractivity contribution in [2.75, 3.05) is 43.6 Å². The molecule has 1 atom stereocenters. The Morgan fingerprint density at radius 1 is 0.936 bits per heavy atom. The number of carbonyl (C=O) groups excluding carboxylic acids is 3. The Hall–Kier alpha value is -4.24. The number of hydrogen-bond acceptors (Lipinski definition) is 6. The molecule has 0 radical (unpaired) electrons. The normalized spacial score (nSPS) is 21.4. The van der Waals surface area contributed by atoms with Crippen LogP contribution in [0, 0.1) is 5.92 Å². The van der Waals surface area contributed by atoms with Crippen LogP contribution in [0.4, 0.5) is 11.4 Å². The molecule has 3 aliphatic rings. The van der Waals surface area contributed by atoms with Gasteiger partial charge in [-0.15, -0.1) is 0 Å². The summed E-state index contributed by atoms with van der Waals surface area (Å²) < 4.78 is 11.8. The van der Waals surface area contributed by atoms with E-state index in [2.05, 4.69) is 29.4 Å². The number of rotatable bonds is 9. The van der Waals surface area contributed by atoms with Crippen molar-refractivity contribution in [3.8, 4) is 11.5 Å². The number of methoxy groups -OCH3 is 1. The van der Waals surface area contributed by atoms with E-state index in [1.54, 1.807) is 12.0 Å². The fourth-order valence-corrected chi connectivity index (χ4v) is 7.36. The van der Waals surface area contributed by atoms with Crippen molar-refractivity contribution in [1.29, 1.82) is 0 Å². The molecule has 248 valence electrons. The Labute approximate surface area is 281 Å². The predicted octanol–water partition coefficient (Wildman–Crippen LogP) is 5.77. The molecule has 0 aromatic heterocycles. The van der Waals surface area contributed by atoms with Gasteiger partial charge in [-0.1, -0.05) is 23.7 Å². The number of benzene rings is 3. The van der Waals surface area contributed by atoms with Gasteiger partial charge in [0.05, 0.1) is 38.8 Å². The zero-order chi connectivity index (χ0) is 33.2. The predicted molar refractivity (Wildman–Crippen MR) is 183 cm³/mol. The van der Waals surface area contributed by atoms with Crippen LogP contribution in [0.1, 0.15) is 62.3 Å². The summed E-state index contributed by atoms with van der Waals surface area (Å²) in [5.41, 5.74) is 4.75. The second-order valence-corrected chi connectivity index (χ2v) is 13.6. The van der Waals surface area contributed by atoms with Gasteiger partial charge in [0.1, 0.15) is 0 Å². The molecule has 47 heavy (non-hydrogen) atoms. The van der Waals surface area contributed by atoms with E-state index in [1.807, 2.05) is 67.3 Å². The third kappa shape index (κ3) is 7.05. The maximum absolute atomic E-state index is 13.9. The Kier molecular flexibility index (Phi) is 9.64. The maximum Gasteiger partial charge on any atom is 0.242 e. The lowest BCUT2D eigenvalue weighted by Crippen LogP contribution is -2.55. The minimum absolute atomic E-state index is 0.000404. The summed E-state index contributed by atoms with van der Waals surface area (Å²) in [5.74, 6) is 1.70. The highest BCUT2D eigenvalue weighted by atomic mass is 35.5. The minimum Gasteiger partial charge on any atom is -0.493 e. The quantitative estimate of drug-likeness (QED) is 0.314. The minimum atomic E-state index is -0.374. The number of amides is 3. The van der Waals surface area contributed by atoms with Crippen LogP contribution in [0.2, 0.25) is 5.02 Å². The SMILES string of the molecule is COc1cc2c(cc1OC(C)C)[C@H](c1ccc(Cl)cc1)N(c1ccc(N(C)C[C@H]3CC[C@H](N4CC(=O)NCC4=O)CC3)cc1)C(=O)C2. The van der Waals surface area contributed by atoms with E-state index in [-0.39, 0.29) is 55.4 Å². The fourth-order valence-electron chi connectivity index (χ4n) is 7.24. The lowest BCUT2D eigenvalue weighted by Gasteiger charge is -2.39. The third-order valence-corrected chi connectivity index (χ3v) is 9.82. The van der Waals surface area contributed by atoms with Crippen molar-refractivity contribution in [3.05, 3.63) is 82.4 Å². The van der Waals surface area contributed by atoms with E-state index in [1.165, 1.54) is 0 Å². The molecule has 2 aliphatic heterocycles. The number of halogens is 1. The van der Waals surface area contributed by atoms with Gasteiger partial charge in [-0.05, 0) is 111 Å². The summed E-state index contributed by atoms with van der Waals surface area (Å²) >= 11 is 6.27. The first-order valence-corrected chi connectivity index (χ1v) is 16.8. The molecule has 3 amide bonds. The van der Waals surface area contributed by atoms with Crippen molar-refractivity contribution >= 4 is 40.7 Å².